The first-order valence-corrected chi connectivity index (χ1v) is 10.6. The number of aliphatic hydroxyl groups is 1. The summed E-state index contributed by atoms with van der Waals surface area (Å²) in [5.74, 6) is 1.10. The quantitative estimate of drug-likeness (QED) is 0.437. The van der Waals surface area contributed by atoms with Crippen molar-refractivity contribution in [1.29, 1.82) is 0 Å². The van der Waals surface area contributed by atoms with Crippen molar-refractivity contribution in [3.63, 3.8) is 0 Å². The fourth-order valence-electron chi connectivity index (χ4n) is 4.21. The van der Waals surface area contributed by atoms with Crippen LogP contribution in [0.5, 0.6) is 0 Å². The van der Waals surface area contributed by atoms with Crippen molar-refractivity contribution in [1.82, 2.24) is 19.5 Å². The molecular weight excluding hydrogens is 416 g/mol. The van der Waals surface area contributed by atoms with Gasteiger partial charge in [0.2, 0.25) is 0 Å². The third kappa shape index (κ3) is 3.67. The van der Waals surface area contributed by atoms with E-state index in [1.54, 1.807) is 0 Å². The summed E-state index contributed by atoms with van der Waals surface area (Å²) >= 11 is 6.05. The molecule has 4 heterocycles. The number of anilines is 2. The number of aryl methyl sites for hydroxylation is 1. The molecule has 1 saturated heterocycles. The SMILES string of the molecule is CNc1ncnc2c1ccn2C1C[C@H](O)C(CCc2ccc3cc(Cl)c(N)nc3c2)O1. The van der Waals surface area contributed by atoms with E-state index in [4.69, 9.17) is 22.1 Å². The number of fused-ring (bicyclic) bond motifs is 2. The van der Waals surface area contributed by atoms with Crippen LogP contribution in [0.25, 0.3) is 21.9 Å². The minimum atomic E-state index is -0.541. The van der Waals surface area contributed by atoms with Crippen molar-refractivity contribution < 1.29 is 9.84 Å². The van der Waals surface area contributed by atoms with Gasteiger partial charge < -0.3 is 25.5 Å². The maximum atomic E-state index is 10.6. The predicted octanol–water partition coefficient (Wildman–Crippen LogP) is 3.54. The standard InChI is InChI=1S/C22H23ClN6O2/c1-25-21-14-6-7-29(22(14)27-11-26-21)19-10-17(30)18(31-19)5-3-12-2-4-13-9-15(23)20(24)28-16(13)8-12/h2,4,6-9,11,17-19,30H,3,5,10H2,1H3,(H2,24,28)(H,25,26,27)/t17-,18?,19?/m0/s1. The van der Waals surface area contributed by atoms with Gasteiger partial charge in [-0.3, -0.25) is 0 Å². The summed E-state index contributed by atoms with van der Waals surface area (Å²) in [5, 5.41) is 16.0. The number of benzene rings is 1. The van der Waals surface area contributed by atoms with Gasteiger partial charge in [0, 0.05) is 25.1 Å². The molecule has 4 N–H and O–H groups in total. The van der Waals surface area contributed by atoms with Crippen LogP contribution in [-0.4, -0.2) is 43.9 Å². The molecule has 0 saturated carbocycles. The Labute approximate surface area is 184 Å². The molecule has 3 atom stereocenters. The summed E-state index contributed by atoms with van der Waals surface area (Å²) < 4.78 is 8.19. The monoisotopic (exact) mass is 438 g/mol. The highest BCUT2D eigenvalue weighted by molar-refractivity contribution is 6.33. The van der Waals surface area contributed by atoms with E-state index < -0.39 is 6.10 Å². The molecule has 3 aromatic heterocycles. The van der Waals surface area contributed by atoms with Gasteiger partial charge in [-0.25, -0.2) is 15.0 Å². The van der Waals surface area contributed by atoms with E-state index in [0.717, 1.165) is 39.7 Å². The Bertz CT molecular complexity index is 1260. The molecule has 31 heavy (non-hydrogen) atoms. The van der Waals surface area contributed by atoms with Crippen molar-refractivity contribution in [2.45, 2.75) is 37.7 Å². The van der Waals surface area contributed by atoms with Crippen LogP contribution in [0.3, 0.4) is 0 Å². The minimum absolute atomic E-state index is 0.257. The molecule has 4 aromatic rings. The summed E-state index contributed by atoms with van der Waals surface area (Å²) in [6, 6.07) is 9.83. The highest BCUT2D eigenvalue weighted by Crippen LogP contribution is 2.34. The molecule has 1 aliphatic rings. The van der Waals surface area contributed by atoms with E-state index >= 15 is 0 Å². The average Bonchev–Trinajstić information content (AvgIpc) is 3.36. The fourth-order valence-corrected chi connectivity index (χ4v) is 4.37. The van der Waals surface area contributed by atoms with E-state index in [-0.39, 0.29) is 12.3 Å². The number of hydrogen-bond acceptors (Lipinski definition) is 7. The molecule has 8 nitrogen and oxygen atoms in total. The number of nitrogens with zero attached hydrogens (tertiary/aromatic N) is 4. The zero-order chi connectivity index (χ0) is 21.5. The lowest BCUT2D eigenvalue weighted by Crippen LogP contribution is -2.21. The van der Waals surface area contributed by atoms with Crippen LogP contribution in [0, 0.1) is 0 Å². The third-order valence-electron chi connectivity index (χ3n) is 5.84. The minimum Gasteiger partial charge on any atom is -0.390 e. The van der Waals surface area contributed by atoms with Crippen molar-refractivity contribution in [3.8, 4) is 0 Å². The van der Waals surface area contributed by atoms with E-state index in [2.05, 4.69) is 20.3 Å². The number of aromatic nitrogens is 4. The Balaban J connectivity index is 1.30. The van der Waals surface area contributed by atoms with Crippen LogP contribution in [0.1, 0.15) is 24.6 Å². The summed E-state index contributed by atoms with van der Waals surface area (Å²) in [6.07, 6.45) is 4.37. The van der Waals surface area contributed by atoms with Gasteiger partial charge in [0.1, 0.15) is 29.8 Å². The Morgan fingerprint density at radius 2 is 2.16 bits per heavy atom. The smallest absolute Gasteiger partial charge is 0.147 e. The molecule has 0 aliphatic carbocycles. The number of nitrogens with two attached hydrogens (primary N) is 1. The number of hydrogen-bond donors (Lipinski definition) is 3. The first-order valence-electron chi connectivity index (χ1n) is 10.2. The Morgan fingerprint density at radius 1 is 1.29 bits per heavy atom. The summed E-state index contributed by atoms with van der Waals surface area (Å²) in [6.45, 7) is 0. The molecule has 5 rings (SSSR count). The van der Waals surface area contributed by atoms with Crippen LogP contribution >= 0.6 is 11.6 Å². The molecule has 0 spiro atoms. The largest absolute Gasteiger partial charge is 0.390 e. The van der Waals surface area contributed by atoms with E-state index in [1.165, 1.54) is 6.33 Å². The van der Waals surface area contributed by atoms with Gasteiger partial charge in [-0.15, -0.1) is 0 Å². The van der Waals surface area contributed by atoms with Crippen LogP contribution in [0.15, 0.2) is 42.9 Å². The number of aliphatic hydroxyl groups excluding tert-OH is 1. The topological polar surface area (TPSA) is 111 Å². The predicted molar refractivity (Wildman–Crippen MR) is 121 cm³/mol. The molecule has 2 unspecified atom stereocenters. The van der Waals surface area contributed by atoms with Gasteiger partial charge in [0.05, 0.1) is 28.1 Å². The Kier molecular flexibility index (Phi) is 5.13. The number of rotatable bonds is 5. The molecule has 1 aliphatic heterocycles. The lowest BCUT2D eigenvalue weighted by atomic mass is 10.0. The number of halogens is 1. The van der Waals surface area contributed by atoms with Gasteiger partial charge in [0.25, 0.3) is 0 Å². The first-order chi connectivity index (χ1) is 15.0. The van der Waals surface area contributed by atoms with Crippen molar-refractivity contribution >= 4 is 45.2 Å². The number of ether oxygens (including phenoxy) is 1. The second-order valence-electron chi connectivity index (χ2n) is 7.79. The fraction of sp³-hybridized carbons (Fsp3) is 0.318. The Morgan fingerprint density at radius 3 is 3.00 bits per heavy atom. The summed E-state index contributed by atoms with van der Waals surface area (Å²) in [7, 11) is 1.83. The average molecular weight is 439 g/mol. The number of nitrogens with one attached hydrogen (secondary N) is 1. The van der Waals surface area contributed by atoms with Gasteiger partial charge in [-0.2, -0.15) is 0 Å². The van der Waals surface area contributed by atoms with Crippen molar-refractivity contribution in [2.24, 2.45) is 0 Å². The maximum Gasteiger partial charge on any atom is 0.147 e. The number of nitrogen functional groups attached to an aromatic ring is 1. The van der Waals surface area contributed by atoms with Crippen molar-refractivity contribution in [2.75, 3.05) is 18.1 Å². The maximum absolute atomic E-state index is 10.6. The van der Waals surface area contributed by atoms with Gasteiger partial charge in [-0.05, 0) is 36.6 Å². The zero-order valence-electron chi connectivity index (χ0n) is 17.0. The molecule has 1 aromatic carbocycles. The van der Waals surface area contributed by atoms with Crippen LogP contribution in [-0.2, 0) is 11.2 Å². The summed E-state index contributed by atoms with van der Waals surface area (Å²) in [5.41, 5.74) is 8.54. The summed E-state index contributed by atoms with van der Waals surface area (Å²) in [4.78, 5) is 13.0. The zero-order valence-corrected chi connectivity index (χ0v) is 17.8. The second-order valence-corrected chi connectivity index (χ2v) is 8.19. The lowest BCUT2D eigenvalue weighted by molar-refractivity contribution is -0.0203. The Hall–Kier alpha value is -2.94. The van der Waals surface area contributed by atoms with Crippen molar-refractivity contribution in [3.05, 3.63) is 53.4 Å². The highest BCUT2D eigenvalue weighted by atomic mass is 35.5. The van der Waals surface area contributed by atoms with Crippen LogP contribution in [0.4, 0.5) is 11.6 Å². The molecule has 0 amide bonds. The number of pyridine rings is 1. The highest BCUT2D eigenvalue weighted by Gasteiger charge is 2.35. The molecule has 9 heteroatoms. The van der Waals surface area contributed by atoms with Gasteiger partial charge in [0.15, 0.2) is 0 Å². The van der Waals surface area contributed by atoms with Crippen LogP contribution in [0.2, 0.25) is 5.02 Å². The molecule has 0 bridgehead atoms. The molecule has 160 valence electrons. The first kappa shape index (κ1) is 20.0. The van der Waals surface area contributed by atoms with E-state index in [0.29, 0.717) is 23.7 Å². The van der Waals surface area contributed by atoms with E-state index in [9.17, 15) is 5.11 Å². The second kappa shape index (κ2) is 7.96. The van der Waals surface area contributed by atoms with Gasteiger partial charge >= 0.3 is 0 Å². The molecule has 0 radical (unpaired) electrons. The third-order valence-corrected chi connectivity index (χ3v) is 6.14. The van der Waals surface area contributed by atoms with Crippen LogP contribution < -0.4 is 11.1 Å². The van der Waals surface area contributed by atoms with E-state index in [1.807, 2.05) is 48.1 Å². The lowest BCUT2D eigenvalue weighted by Gasteiger charge is -2.16. The normalized spacial score (nSPS) is 21.2. The molecule has 1 fully saturated rings. The van der Waals surface area contributed by atoms with Gasteiger partial charge in [-0.1, -0.05) is 23.7 Å². The molecular formula is C22H23ClN6O2.